The number of amides is 8. The number of aliphatic hydroxyl groups excluding tert-OH is 1. The quantitative estimate of drug-likeness (QED) is 0.0486. The summed E-state index contributed by atoms with van der Waals surface area (Å²) in [6, 6.07) is 7.66. The second kappa shape index (κ2) is 25.1. The number of primary amides is 2. The van der Waals surface area contributed by atoms with Crippen molar-refractivity contribution >= 4 is 116 Å². The number of alkyl carbamates (subject to hydrolysis) is 1. The summed E-state index contributed by atoms with van der Waals surface area (Å²) < 4.78 is 11.5. The number of pyridine rings is 1. The molecule has 8 aromatic rings. The van der Waals surface area contributed by atoms with E-state index < -0.39 is 95.9 Å². The van der Waals surface area contributed by atoms with Crippen molar-refractivity contribution in [2.75, 3.05) is 13.1 Å². The maximum Gasteiger partial charge on any atom is 0.407 e. The lowest BCUT2D eigenvalue weighted by Crippen LogP contribution is -2.43. The Labute approximate surface area is 507 Å². The van der Waals surface area contributed by atoms with Gasteiger partial charge in [-0.3, -0.25) is 34.1 Å². The fraction of sp³-hybridized carbons (Fsp3) is 0.315. The highest BCUT2D eigenvalue weighted by molar-refractivity contribution is 7.15. The van der Waals surface area contributed by atoms with E-state index in [0.29, 0.717) is 58.8 Å². The monoisotopic (exact) mass is 1260 g/mol. The van der Waals surface area contributed by atoms with E-state index >= 15 is 0 Å². The Morgan fingerprint density at radius 3 is 2.15 bits per heavy atom. The molecule has 1 aromatic carbocycles. The Hall–Kier alpha value is -8.33. The van der Waals surface area contributed by atoms with Crippen LogP contribution < -0.4 is 32.7 Å². The number of esters is 1. The summed E-state index contributed by atoms with van der Waals surface area (Å²) in [5.74, 6) is -4.95. The lowest BCUT2D eigenvalue weighted by Gasteiger charge is -2.27. The van der Waals surface area contributed by atoms with Gasteiger partial charge in [-0.05, 0) is 51.8 Å². The van der Waals surface area contributed by atoms with Gasteiger partial charge in [0.15, 0.2) is 6.10 Å². The number of fused-ring (bicyclic) bond motifs is 16. The van der Waals surface area contributed by atoms with Gasteiger partial charge in [0.25, 0.3) is 23.6 Å². The number of benzene rings is 1. The van der Waals surface area contributed by atoms with E-state index in [4.69, 9.17) is 40.9 Å². The highest BCUT2D eigenvalue weighted by Gasteiger charge is 2.44. The molecule has 1 fully saturated rings. The van der Waals surface area contributed by atoms with E-state index in [0.717, 1.165) is 45.3 Å². The molecule has 10 rings (SSSR count). The smallest absolute Gasteiger partial charge is 0.407 e. The van der Waals surface area contributed by atoms with E-state index in [2.05, 4.69) is 36.2 Å². The molecular weight excluding hydrogens is 1210 g/mol. The number of nitrogens with two attached hydrogens (primary N) is 2. The molecule has 2 aliphatic heterocycles. The summed E-state index contributed by atoms with van der Waals surface area (Å²) in [4.78, 5) is 143. The maximum absolute atomic E-state index is 14.8. The van der Waals surface area contributed by atoms with Crippen LogP contribution in [-0.4, -0.2) is 117 Å². The number of hydrogen-bond donors (Lipinski definition) is 7. The summed E-state index contributed by atoms with van der Waals surface area (Å²) in [6.07, 6.45) is -3.51. The van der Waals surface area contributed by atoms with Crippen LogP contribution in [0.25, 0.3) is 43.4 Å². The average molecular weight is 1270 g/mol. The highest BCUT2D eigenvalue weighted by Crippen LogP contribution is 2.43. The van der Waals surface area contributed by atoms with Gasteiger partial charge in [0.2, 0.25) is 5.91 Å². The van der Waals surface area contributed by atoms with Crippen molar-refractivity contribution in [1.82, 2.24) is 61.1 Å². The molecule has 440 valence electrons. The van der Waals surface area contributed by atoms with Crippen LogP contribution in [0.4, 0.5) is 9.59 Å². The highest BCUT2D eigenvalue weighted by atomic mass is 32.1. The number of thiazole rings is 6. The number of urea groups is 1. The van der Waals surface area contributed by atoms with Gasteiger partial charge >= 0.3 is 18.1 Å². The molecule has 10 bridgehead atoms. The average Bonchev–Trinajstić information content (AvgIpc) is 2.22. The second-order valence-electron chi connectivity index (χ2n) is 20.5. The second-order valence-corrected chi connectivity index (χ2v) is 26.0. The third-order valence-electron chi connectivity index (χ3n) is 13.1. The maximum atomic E-state index is 14.8. The van der Waals surface area contributed by atoms with E-state index in [9.17, 15) is 43.5 Å². The lowest BCUT2D eigenvalue weighted by atomic mass is 10.0. The van der Waals surface area contributed by atoms with Gasteiger partial charge in [0.1, 0.15) is 81.5 Å². The van der Waals surface area contributed by atoms with E-state index in [-0.39, 0.29) is 58.7 Å². The van der Waals surface area contributed by atoms with Crippen LogP contribution in [0.15, 0.2) is 69.4 Å². The van der Waals surface area contributed by atoms with Crippen LogP contribution in [0.3, 0.4) is 0 Å². The number of ether oxygens (including phenoxy) is 2. The molecule has 2 aliphatic rings. The first kappa shape index (κ1) is 59.8. The zero-order valence-corrected chi connectivity index (χ0v) is 50.5. The molecule has 85 heavy (non-hydrogen) atoms. The van der Waals surface area contributed by atoms with Gasteiger partial charge < -0.3 is 46.9 Å². The molecule has 0 spiro atoms. The molecule has 9 N–H and O–H groups in total. The molecule has 1 saturated heterocycles. The van der Waals surface area contributed by atoms with Gasteiger partial charge in [-0.2, -0.15) is 0 Å². The molecule has 25 nitrogen and oxygen atoms in total. The number of nitrogens with one attached hydrogen (secondary N) is 4. The van der Waals surface area contributed by atoms with Crippen molar-refractivity contribution in [3.63, 3.8) is 0 Å². The molecular formula is C54H52N14O11S6. The fourth-order valence-corrected chi connectivity index (χ4v) is 14.4. The Morgan fingerprint density at radius 2 is 1.41 bits per heavy atom. The van der Waals surface area contributed by atoms with Crippen molar-refractivity contribution in [2.24, 2.45) is 17.4 Å². The molecule has 9 heterocycles. The normalized spacial score (nSPS) is 18.6. The zero-order valence-electron chi connectivity index (χ0n) is 45.6. The molecule has 6 atom stereocenters. The number of rotatable bonds is 11. The van der Waals surface area contributed by atoms with Crippen LogP contribution in [0.5, 0.6) is 0 Å². The SMILES string of the molecule is Cc1sc2nc1C(=O)N[C@@H]([C@H](OC(=O)NCCCC(=O)OC(C)(C)C)c1ccccc1)c1nc(cs1)C(=O)NC(=O)N1C[C@H](O)[C@H](C)[C@H]1c1nc(cs1)-c1nc(cs1)-c1nc(-c3nc(C(N)=O)cs3)ccc1-c1nc(cs1)C(=O)N[C@H]2CC(N)=O. The molecule has 0 radical (unpaired) electrons. The van der Waals surface area contributed by atoms with Crippen LogP contribution in [-0.2, 0) is 19.1 Å². The lowest BCUT2D eigenvalue weighted by molar-refractivity contribution is -0.154. The van der Waals surface area contributed by atoms with Crippen molar-refractivity contribution in [1.29, 1.82) is 0 Å². The predicted octanol–water partition coefficient (Wildman–Crippen LogP) is 7.52. The van der Waals surface area contributed by atoms with Gasteiger partial charge in [0.05, 0.1) is 30.3 Å². The van der Waals surface area contributed by atoms with Crippen LogP contribution >= 0.6 is 68.0 Å². The van der Waals surface area contributed by atoms with Crippen molar-refractivity contribution in [3.05, 3.63) is 118 Å². The largest absolute Gasteiger partial charge is 0.460 e. The van der Waals surface area contributed by atoms with Crippen LogP contribution in [0, 0.1) is 12.8 Å². The molecule has 8 amide bonds. The molecule has 0 unspecified atom stereocenters. The number of aliphatic hydroxyl groups is 1. The third kappa shape index (κ3) is 13.6. The molecule has 0 saturated carbocycles. The number of nitrogens with zero attached hydrogens (tertiary/aromatic N) is 8. The predicted molar refractivity (Wildman–Crippen MR) is 317 cm³/mol. The minimum atomic E-state index is -1.36. The first-order chi connectivity index (χ1) is 40.6. The van der Waals surface area contributed by atoms with Gasteiger partial charge in [-0.1, -0.05) is 37.3 Å². The first-order valence-electron chi connectivity index (χ1n) is 26.1. The van der Waals surface area contributed by atoms with E-state index in [1.54, 1.807) is 87.8 Å². The van der Waals surface area contributed by atoms with E-state index in [1.165, 1.54) is 43.7 Å². The summed E-state index contributed by atoms with van der Waals surface area (Å²) in [6.45, 7) is 8.45. The minimum Gasteiger partial charge on any atom is -0.460 e. The van der Waals surface area contributed by atoms with Crippen LogP contribution in [0.1, 0.15) is 139 Å². The fourth-order valence-electron chi connectivity index (χ4n) is 9.12. The summed E-state index contributed by atoms with van der Waals surface area (Å²) in [5, 5.41) is 31.8. The van der Waals surface area contributed by atoms with Crippen molar-refractivity contribution in [2.45, 2.75) is 89.8 Å². The van der Waals surface area contributed by atoms with Crippen molar-refractivity contribution in [3.8, 4) is 43.4 Å². The first-order valence-corrected chi connectivity index (χ1v) is 31.3. The van der Waals surface area contributed by atoms with Gasteiger partial charge in [-0.15, -0.1) is 68.0 Å². The standard InChI is InChI=1S/C54H52N14O11S6/c1-23-34(69)17-68-40(23)51-64-33(22-84-51)48-60-29(18-81-48)38-26(13-14-27(58-38)47-61-30(19-82-47)42(56)72)46-62-31(20-80-46)43(73)59-28(16-35(55)70)49-66-37(24(2)85-49)45(75)65-39(50-63-32(21-83-50)44(74)67-52(68)76)41(25-10-7-6-8-11-25)78-53(77)57-15-9-12-36(71)79-54(3,4)5/h6-8,10-11,13-14,18-23,28,34,39-41,69H,9,12,15-17H2,1-5H3,(H2,55,70)(H2,56,72)(H,57,77)(H,59,73)(H,65,75)(H,67,74,76)/t23-,28-,34-,39-,40-,41+/m0/s1. The number of aryl methyl sites for hydroxylation is 1. The number of carbonyl (C=O) groups is 8. The summed E-state index contributed by atoms with van der Waals surface area (Å²) in [5.41, 5.74) is 12.6. The molecule has 31 heteroatoms. The van der Waals surface area contributed by atoms with Crippen molar-refractivity contribution < 1.29 is 52.9 Å². The Bertz CT molecular complexity index is 3880. The van der Waals surface area contributed by atoms with E-state index in [1.807, 2.05) is 0 Å². The topological polar surface area (TPSA) is 369 Å². The number of imide groups is 1. The third-order valence-corrected chi connectivity index (χ3v) is 18.7. The summed E-state index contributed by atoms with van der Waals surface area (Å²) >= 11 is 6.71. The molecule has 0 aliphatic carbocycles. The Balaban J connectivity index is 1.03. The number of aromatic nitrogens is 7. The van der Waals surface area contributed by atoms with Gasteiger partial charge in [0, 0.05) is 62.8 Å². The van der Waals surface area contributed by atoms with Crippen LogP contribution in [0.2, 0.25) is 0 Å². The zero-order chi connectivity index (χ0) is 60.4. The number of hydrogen-bond acceptors (Lipinski definition) is 24. The number of carbonyl (C=O) groups excluding carboxylic acids is 8. The Morgan fingerprint density at radius 1 is 0.741 bits per heavy atom. The Kier molecular flexibility index (Phi) is 17.7. The molecule has 7 aromatic heterocycles. The minimum absolute atomic E-state index is 0.000255. The summed E-state index contributed by atoms with van der Waals surface area (Å²) in [7, 11) is 0. The van der Waals surface area contributed by atoms with Gasteiger partial charge in [-0.25, -0.2) is 44.5 Å².